The lowest BCUT2D eigenvalue weighted by molar-refractivity contribution is -0.147. The van der Waals surface area contributed by atoms with Crippen LogP contribution in [-0.2, 0) is 23.9 Å². The monoisotopic (exact) mass is 224 g/mol. The quantitative estimate of drug-likeness (QED) is 0.393. The number of carbonyl (C=O) groups excluding carboxylic acids is 3. The Morgan fingerprint density at radius 2 is 1.94 bits per heavy atom. The first-order valence-corrected chi connectivity index (χ1v) is 5.24. The summed E-state index contributed by atoms with van der Waals surface area (Å²) in [6.07, 6.45) is 3.73. The van der Waals surface area contributed by atoms with Crippen LogP contribution in [-0.4, -0.2) is 24.8 Å². The molecule has 1 saturated carbocycles. The fourth-order valence-corrected chi connectivity index (χ4v) is 2.18. The normalized spacial score (nSPS) is 21.6. The zero-order valence-corrected chi connectivity index (χ0v) is 8.95. The highest BCUT2D eigenvalue weighted by atomic mass is 16.6. The lowest BCUT2D eigenvalue weighted by atomic mass is 10.0. The molecular weight excluding hydrogens is 212 g/mol. The van der Waals surface area contributed by atoms with Gasteiger partial charge in [0.2, 0.25) is 0 Å². The first-order valence-electron chi connectivity index (χ1n) is 5.24. The molecule has 1 fully saturated rings. The lowest BCUT2D eigenvalue weighted by Gasteiger charge is -2.09. The summed E-state index contributed by atoms with van der Waals surface area (Å²) in [5, 5.41) is 0. The van der Waals surface area contributed by atoms with Crippen LogP contribution in [0.15, 0.2) is 11.3 Å². The standard InChI is InChI=1S/C11H12O5/c1-15-10(13)7-8(12)11(14)16-9(7)6-4-2-3-5-6/h6H,2-5H2,1H3. The SMILES string of the molecule is COC(=O)C1=C(C2CCCC2)OC(=O)C1=O. The Labute approximate surface area is 92.4 Å². The molecule has 0 N–H and O–H groups in total. The number of hydrogen-bond donors (Lipinski definition) is 0. The number of methoxy groups -OCH3 is 1. The Morgan fingerprint density at radius 1 is 1.31 bits per heavy atom. The van der Waals surface area contributed by atoms with Crippen LogP contribution in [0.4, 0.5) is 0 Å². The van der Waals surface area contributed by atoms with Crippen LogP contribution >= 0.6 is 0 Å². The largest absolute Gasteiger partial charge is 0.465 e. The van der Waals surface area contributed by atoms with Crippen molar-refractivity contribution >= 4 is 17.7 Å². The van der Waals surface area contributed by atoms with E-state index in [9.17, 15) is 14.4 Å². The van der Waals surface area contributed by atoms with Gasteiger partial charge in [-0.25, -0.2) is 9.59 Å². The summed E-state index contributed by atoms with van der Waals surface area (Å²) in [5.41, 5.74) is -0.209. The third-order valence-electron chi connectivity index (χ3n) is 2.98. The van der Waals surface area contributed by atoms with Gasteiger partial charge in [-0.05, 0) is 12.8 Å². The number of ether oxygens (including phenoxy) is 2. The molecule has 0 spiro atoms. The molecule has 1 aliphatic carbocycles. The fourth-order valence-electron chi connectivity index (χ4n) is 2.18. The maximum Gasteiger partial charge on any atom is 0.385 e. The van der Waals surface area contributed by atoms with Crippen molar-refractivity contribution in [1.82, 2.24) is 0 Å². The van der Waals surface area contributed by atoms with Crippen molar-refractivity contribution in [3.8, 4) is 0 Å². The van der Waals surface area contributed by atoms with Gasteiger partial charge < -0.3 is 9.47 Å². The van der Waals surface area contributed by atoms with Gasteiger partial charge in [0.1, 0.15) is 5.76 Å². The van der Waals surface area contributed by atoms with E-state index in [2.05, 4.69) is 4.74 Å². The molecule has 2 aliphatic rings. The van der Waals surface area contributed by atoms with E-state index in [1.54, 1.807) is 0 Å². The van der Waals surface area contributed by atoms with E-state index in [4.69, 9.17) is 4.74 Å². The second-order valence-electron chi connectivity index (χ2n) is 3.93. The summed E-state index contributed by atoms with van der Waals surface area (Å²) in [6.45, 7) is 0. The van der Waals surface area contributed by atoms with Gasteiger partial charge in [-0.15, -0.1) is 0 Å². The molecule has 0 aromatic heterocycles. The van der Waals surface area contributed by atoms with Gasteiger partial charge >= 0.3 is 11.9 Å². The Morgan fingerprint density at radius 3 is 2.50 bits per heavy atom. The summed E-state index contributed by atoms with van der Waals surface area (Å²) in [5.74, 6) is -2.40. The first kappa shape index (κ1) is 10.9. The summed E-state index contributed by atoms with van der Waals surface area (Å²) >= 11 is 0. The highest BCUT2D eigenvalue weighted by Gasteiger charge is 2.42. The second kappa shape index (κ2) is 4.08. The molecule has 1 aliphatic heterocycles. The van der Waals surface area contributed by atoms with Crippen LogP contribution in [0.2, 0.25) is 0 Å². The molecule has 0 unspecified atom stereocenters. The van der Waals surface area contributed by atoms with E-state index in [-0.39, 0.29) is 17.3 Å². The van der Waals surface area contributed by atoms with Crippen molar-refractivity contribution in [3.63, 3.8) is 0 Å². The van der Waals surface area contributed by atoms with Crippen LogP contribution < -0.4 is 0 Å². The molecule has 1 heterocycles. The van der Waals surface area contributed by atoms with Crippen molar-refractivity contribution in [1.29, 1.82) is 0 Å². The zero-order valence-electron chi connectivity index (χ0n) is 8.95. The minimum absolute atomic E-state index is 0.00417. The van der Waals surface area contributed by atoms with E-state index >= 15 is 0 Å². The molecule has 5 nitrogen and oxygen atoms in total. The van der Waals surface area contributed by atoms with Crippen molar-refractivity contribution < 1.29 is 23.9 Å². The number of cyclic esters (lactones) is 1. The molecule has 2 rings (SSSR count). The predicted octanol–water partition coefficient (Wildman–Crippen LogP) is 0.730. The van der Waals surface area contributed by atoms with Gasteiger partial charge in [-0.1, -0.05) is 12.8 Å². The Kier molecular flexibility index (Phi) is 2.77. The van der Waals surface area contributed by atoms with Crippen LogP contribution in [0, 0.1) is 5.92 Å². The van der Waals surface area contributed by atoms with Gasteiger partial charge in [0.05, 0.1) is 7.11 Å². The Hall–Kier alpha value is -1.65. The van der Waals surface area contributed by atoms with E-state index < -0.39 is 17.7 Å². The van der Waals surface area contributed by atoms with Crippen molar-refractivity contribution in [2.75, 3.05) is 7.11 Å². The van der Waals surface area contributed by atoms with Gasteiger partial charge in [0.25, 0.3) is 5.78 Å². The minimum Gasteiger partial charge on any atom is -0.465 e. The summed E-state index contributed by atoms with van der Waals surface area (Å²) in [7, 11) is 1.18. The number of ketones is 1. The number of carbonyl (C=O) groups is 3. The third-order valence-corrected chi connectivity index (χ3v) is 2.98. The van der Waals surface area contributed by atoms with Crippen LogP contribution in [0.1, 0.15) is 25.7 Å². The molecule has 0 atom stereocenters. The summed E-state index contributed by atoms with van der Waals surface area (Å²) in [6, 6.07) is 0. The van der Waals surface area contributed by atoms with E-state index in [0.717, 1.165) is 25.7 Å². The van der Waals surface area contributed by atoms with Crippen LogP contribution in [0.5, 0.6) is 0 Å². The van der Waals surface area contributed by atoms with Crippen molar-refractivity contribution in [2.45, 2.75) is 25.7 Å². The van der Waals surface area contributed by atoms with Crippen molar-refractivity contribution in [2.24, 2.45) is 5.92 Å². The Bertz CT molecular complexity index is 387. The number of hydrogen-bond acceptors (Lipinski definition) is 5. The van der Waals surface area contributed by atoms with Crippen LogP contribution in [0.25, 0.3) is 0 Å². The molecule has 5 heteroatoms. The second-order valence-corrected chi connectivity index (χ2v) is 3.93. The number of rotatable bonds is 2. The molecule has 0 radical (unpaired) electrons. The predicted molar refractivity (Wildman–Crippen MR) is 52.1 cm³/mol. The zero-order chi connectivity index (χ0) is 11.7. The molecule has 0 aromatic carbocycles. The van der Waals surface area contributed by atoms with Gasteiger partial charge in [-0.3, -0.25) is 4.79 Å². The van der Waals surface area contributed by atoms with E-state index in [0.29, 0.717) is 0 Å². The van der Waals surface area contributed by atoms with Crippen molar-refractivity contribution in [3.05, 3.63) is 11.3 Å². The van der Waals surface area contributed by atoms with Gasteiger partial charge in [0, 0.05) is 5.92 Å². The third kappa shape index (κ3) is 1.62. The smallest absolute Gasteiger partial charge is 0.385 e. The van der Waals surface area contributed by atoms with Crippen LogP contribution in [0.3, 0.4) is 0 Å². The maximum absolute atomic E-state index is 11.4. The lowest BCUT2D eigenvalue weighted by Crippen LogP contribution is -2.17. The highest BCUT2D eigenvalue weighted by Crippen LogP contribution is 2.36. The molecule has 0 aromatic rings. The highest BCUT2D eigenvalue weighted by molar-refractivity contribution is 6.48. The minimum atomic E-state index is -0.970. The average Bonchev–Trinajstić information content (AvgIpc) is 2.87. The molecule has 0 saturated heterocycles. The fraction of sp³-hybridized carbons (Fsp3) is 0.545. The average molecular weight is 224 g/mol. The molecule has 0 bridgehead atoms. The van der Waals surface area contributed by atoms with Gasteiger partial charge in [-0.2, -0.15) is 0 Å². The van der Waals surface area contributed by atoms with Gasteiger partial charge in [0.15, 0.2) is 5.57 Å². The summed E-state index contributed by atoms with van der Waals surface area (Å²) < 4.78 is 9.38. The topological polar surface area (TPSA) is 69.7 Å². The van der Waals surface area contributed by atoms with E-state index in [1.165, 1.54) is 7.11 Å². The Balaban J connectivity index is 2.35. The molecule has 0 amide bonds. The number of allylic oxidation sites excluding steroid dienone is 1. The maximum atomic E-state index is 11.4. The summed E-state index contributed by atoms with van der Waals surface area (Å²) in [4.78, 5) is 34.0. The molecular formula is C11H12O5. The molecule has 16 heavy (non-hydrogen) atoms. The number of esters is 2. The number of Topliss-reactive ketones (excluding diaryl/α,β-unsaturated/α-hetero) is 1. The first-order chi connectivity index (χ1) is 7.65. The van der Waals surface area contributed by atoms with E-state index in [1.807, 2.05) is 0 Å². The molecule has 86 valence electrons.